The minimum Gasteiger partial charge on any atom is -0.480 e. The molecular formula is C29H47N7O14. The fourth-order valence-corrected chi connectivity index (χ4v) is 4.37. The number of carbonyl (C=O) groups is 10. The second-order valence-electron chi connectivity index (χ2n) is 11.3. The second kappa shape index (κ2) is 24.0. The first kappa shape index (κ1) is 44.8. The second-order valence-corrected chi connectivity index (χ2v) is 11.3. The molecule has 12 N–H and O–H groups in total. The molecule has 0 saturated heterocycles. The Morgan fingerprint density at radius 3 is 1.12 bits per heavy atom. The van der Waals surface area contributed by atoms with E-state index < -0.39 is 116 Å². The van der Waals surface area contributed by atoms with Crippen LogP contribution < -0.4 is 37.9 Å². The number of Topliss-reactive ketones (excluding diaryl/α,β-unsaturated/α-hetero) is 1. The van der Waals surface area contributed by atoms with Gasteiger partial charge in [0.15, 0.2) is 0 Å². The van der Waals surface area contributed by atoms with Crippen LogP contribution in [0.25, 0.3) is 0 Å². The van der Waals surface area contributed by atoms with Crippen molar-refractivity contribution < 1.29 is 68.4 Å². The number of carbonyl (C=O) groups excluding carboxylic acids is 6. The number of hydrogen-bond donors (Lipinski definition) is 11. The molecule has 50 heavy (non-hydrogen) atoms. The molecular weight excluding hydrogens is 670 g/mol. The number of aliphatic carboxylic acids is 4. The molecule has 0 aliphatic rings. The van der Waals surface area contributed by atoms with Crippen molar-refractivity contribution in [1.29, 1.82) is 0 Å². The molecule has 0 aromatic rings. The molecule has 5 atom stereocenters. The largest absolute Gasteiger partial charge is 0.480 e. The van der Waals surface area contributed by atoms with Gasteiger partial charge >= 0.3 is 23.9 Å². The molecule has 0 aromatic carbocycles. The van der Waals surface area contributed by atoms with Crippen LogP contribution in [0, 0.1) is 0 Å². The minimum atomic E-state index is -1.62. The lowest BCUT2D eigenvalue weighted by Crippen LogP contribution is -2.45. The number of rotatable bonds is 27. The zero-order valence-electron chi connectivity index (χ0n) is 27.8. The van der Waals surface area contributed by atoms with Gasteiger partial charge in [-0.3, -0.25) is 34.6 Å². The topological polar surface area (TPSA) is 350 Å². The van der Waals surface area contributed by atoms with E-state index in [1.807, 2.05) is 0 Å². The van der Waals surface area contributed by atoms with Crippen molar-refractivity contribution in [3.8, 4) is 0 Å². The van der Waals surface area contributed by atoms with E-state index in [1.54, 1.807) is 0 Å². The monoisotopic (exact) mass is 717 g/mol. The number of carboxylic acid groups (broad SMARTS) is 4. The van der Waals surface area contributed by atoms with Crippen LogP contribution >= 0.6 is 0 Å². The summed E-state index contributed by atoms with van der Waals surface area (Å²) in [5.41, 5.74) is 2.39. The van der Waals surface area contributed by atoms with Crippen LogP contribution in [0.4, 0.5) is 0 Å². The van der Waals surface area contributed by atoms with Crippen molar-refractivity contribution >= 4 is 59.2 Å². The fourth-order valence-electron chi connectivity index (χ4n) is 4.37. The predicted molar refractivity (Wildman–Crippen MR) is 170 cm³/mol. The third-order valence-corrected chi connectivity index (χ3v) is 7.15. The summed E-state index contributed by atoms with van der Waals surface area (Å²) in [6.07, 6.45) is -1.79. The third kappa shape index (κ3) is 20.2. The van der Waals surface area contributed by atoms with E-state index >= 15 is 0 Å². The molecule has 0 bridgehead atoms. The third-order valence-electron chi connectivity index (χ3n) is 7.15. The van der Waals surface area contributed by atoms with Gasteiger partial charge in [-0.1, -0.05) is 0 Å². The molecule has 0 aliphatic heterocycles. The van der Waals surface area contributed by atoms with E-state index in [2.05, 4.69) is 32.0 Å². The van der Waals surface area contributed by atoms with Crippen molar-refractivity contribution in [2.75, 3.05) is 6.54 Å². The summed E-state index contributed by atoms with van der Waals surface area (Å²) < 4.78 is 0. The summed E-state index contributed by atoms with van der Waals surface area (Å²) in [5, 5.41) is 48.6. The van der Waals surface area contributed by atoms with Gasteiger partial charge in [0.05, 0.1) is 6.04 Å². The first-order chi connectivity index (χ1) is 23.4. The van der Waals surface area contributed by atoms with Gasteiger partial charge in [0, 0.05) is 39.2 Å². The maximum absolute atomic E-state index is 12.4. The summed E-state index contributed by atoms with van der Waals surface area (Å²) >= 11 is 0. The van der Waals surface area contributed by atoms with E-state index in [1.165, 1.54) is 6.92 Å². The molecule has 5 amide bonds. The smallest absolute Gasteiger partial charge is 0.326 e. The fraction of sp³-hybridized carbons (Fsp3) is 0.655. The molecule has 0 fully saturated rings. The summed E-state index contributed by atoms with van der Waals surface area (Å²) in [4.78, 5) is 118. The highest BCUT2D eigenvalue weighted by Crippen LogP contribution is 2.06. The van der Waals surface area contributed by atoms with Crippen LogP contribution in [0.2, 0.25) is 0 Å². The lowest BCUT2D eigenvalue weighted by Gasteiger charge is -2.18. The molecule has 0 heterocycles. The van der Waals surface area contributed by atoms with E-state index in [-0.39, 0.29) is 31.6 Å². The van der Waals surface area contributed by atoms with Gasteiger partial charge in [0.2, 0.25) is 29.5 Å². The number of nitrogens with two attached hydrogens (primary N) is 1. The van der Waals surface area contributed by atoms with Crippen LogP contribution in [0.3, 0.4) is 0 Å². The van der Waals surface area contributed by atoms with Crippen LogP contribution in [-0.2, 0) is 47.9 Å². The number of hydrogen-bond acceptors (Lipinski definition) is 12. The van der Waals surface area contributed by atoms with Gasteiger partial charge < -0.3 is 47.0 Å². The molecule has 21 heteroatoms. The van der Waals surface area contributed by atoms with E-state index in [0.717, 1.165) is 6.92 Å². The Labute approximate surface area is 286 Å². The van der Waals surface area contributed by atoms with Crippen molar-refractivity contribution in [2.24, 2.45) is 5.84 Å². The molecule has 0 aromatic heterocycles. The van der Waals surface area contributed by atoms with Crippen LogP contribution in [0.1, 0.15) is 84.5 Å². The van der Waals surface area contributed by atoms with Gasteiger partial charge in [-0.15, -0.1) is 0 Å². The van der Waals surface area contributed by atoms with Crippen LogP contribution in [-0.4, -0.2) is 116 Å². The maximum atomic E-state index is 12.4. The molecule has 0 unspecified atom stereocenters. The van der Waals surface area contributed by atoms with Crippen molar-refractivity contribution in [1.82, 2.24) is 32.0 Å². The minimum absolute atomic E-state index is 0.123. The molecule has 282 valence electrons. The Kier molecular flexibility index (Phi) is 21.5. The zero-order valence-corrected chi connectivity index (χ0v) is 27.8. The van der Waals surface area contributed by atoms with Crippen LogP contribution in [0.5, 0.6) is 0 Å². The normalized spacial score (nSPS) is 13.7. The first-order valence-corrected chi connectivity index (χ1v) is 15.7. The number of carboxylic acids is 4. The van der Waals surface area contributed by atoms with E-state index in [0.29, 0.717) is 19.3 Å². The lowest BCUT2D eigenvalue weighted by molar-refractivity contribution is -0.144. The number of amides is 5. The standard InChI is InChI=1S/C29H47N7O14/c1-15(37)17(36-30)5-3-4-14-31-22(39)10-6-19(27(45)46)33-24(41)12-8-21(29(49)50)35-25(42)13-9-20(28(47)48)34-23(40)11-7-18(26(43)44)32-16(2)38/h17-21,36H,3-14,30H2,1-2H3,(H,31,39)(H,32,38)(H,33,41)(H,34,40)(H,35,42)(H,43,44)(H,45,46)(H,47,48)(H,49,50)/t17-,18-,19-,20-,21-/m0/s1. The average molecular weight is 718 g/mol. The number of ketones is 1. The Morgan fingerprint density at radius 1 is 0.480 bits per heavy atom. The van der Waals surface area contributed by atoms with Crippen molar-refractivity contribution in [2.45, 2.75) is 115 Å². The highest BCUT2D eigenvalue weighted by molar-refractivity contribution is 5.88. The van der Waals surface area contributed by atoms with Crippen molar-refractivity contribution in [3.05, 3.63) is 0 Å². The quantitative estimate of drug-likeness (QED) is 0.0231. The molecule has 21 nitrogen and oxygen atoms in total. The number of hydrazine groups is 1. The summed E-state index contributed by atoms with van der Waals surface area (Å²) in [7, 11) is 0. The molecule has 0 aliphatic carbocycles. The lowest BCUT2D eigenvalue weighted by atomic mass is 10.1. The van der Waals surface area contributed by atoms with Gasteiger partial charge in [-0.2, -0.15) is 0 Å². The van der Waals surface area contributed by atoms with E-state index in [4.69, 9.17) is 10.9 Å². The van der Waals surface area contributed by atoms with Gasteiger partial charge in [0.25, 0.3) is 0 Å². The predicted octanol–water partition coefficient (Wildman–Crippen LogP) is -2.89. The zero-order chi connectivity index (χ0) is 38.4. The molecule has 0 radical (unpaired) electrons. The highest BCUT2D eigenvalue weighted by Gasteiger charge is 2.27. The average Bonchev–Trinajstić information content (AvgIpc) is 3.02. The Hall–Kier alpha value is -5.18. The Balaban J connectivity index is 4.79. The van der Waals surface area contributed by atoms with Gasteiger partial charge in [0.1, 0.15) is 30.0 Å². The SMILES string of the molecule is CC(=O)N[C@@H](CCC(=O)N[C@@H](CCC(=O)N[C@@H](CCC(=O)N[C@@H](CCC(=O)NCCCC[C@H](NN)C(C)=O)C(=O)O)C(=O)O)C(=O)O)C(=O)O. The summed E-state index contributed by atoms with van der Waals surface area (Å²) in [5.74, 6) is -4.54. The summed E-state index contributed by atoms with van der Waals surface area (Å²) in [6, 6.07) is -6.57. The van der Waals surface area contributed by atoms with Crippen molar-refractivity contribution in [3.63, 3.8) is 0 Å². The van der Waals surface area contributed by atoms with Gasteiger partial charge in [-0.25, -0.2) is 24.6 Å². The van der Waals surface area contributed by atoms with Gasteiger partial charge in [-0.05, 0) is 51.9 Å². The molecule has 0 spiro atoms. The Morgan fingerprint density at radius 2 is 0.820 bits per heavy atom. The Bertz CT molecular complexity index is 1240. The number of nitrogens with one attached hydrogen (secondary N) is 6. The number of unbranched alkanes of at least 4 members (excludes halogenated alkanes) is 1. The first-order valence-electron chi connectivity index (χ1n) is 15.7. The highest BCUT2D eigenvalue weighted by atomic mass is 16.4. The molecule has 0 rings (SSSR count). The molecule has 0 saturated carbocycles. The van der Waals surface area contributed by atoms with E-state index in [9.17, 15) is 63.3 Å². The van der Waals surface area contributed by atoms with Crippen LogP contribution in [0.15, 0.2) is 0 Å². The summed E-state index contributed by atoms with van der Waals surface area (Å²) in [6.45, 7) is 2.74. The maximum Gasteiger partial charge on any atom is 0.326 e.